The highest BCUT2D eigenvalue weighted by Gasteiger charge is 2.43. The molecule has 58 heavy (non-hydrogen) atoms. The Morgan fingerprint density at radius 1 is 0.259 bits per heavy atom. The Morgan fingerprint density at radius 2 is 0.414 bits per heavy atom. The molecule has 0 unspecified atom stereocenters. The van der Waals surface area contributed by atoms with Gasteiger partial charge in [0.25, 0.3) is 0 Å². The molecule has 0 heterocycles. The van der Waals surface area contributed by atoms with Crippen molar-refractivity contribution in [3.8, 4) is 44.5 Å². The summed E-state index contributed by atoms with van der Waals surface area (Å²) in [6.45, 7) is 37.4. The average molecular weight is 765 g/mol. The second-order valence-electron chi connectivity index (χ2n) is 22.4. The van der Waals surface area contributed by atoms with E-state index in [0.29, 0.717) is 0 Å². The molecule has 0 aromatic heterocycles. The first-order valence-corrected chi connectivity index (χ1v) is 21.6. The van der Waals surface area contributed by atoms with Crippen LogP contribution in [0.3, 0.4) is 0 Å². The first-order chi connectivity index (χ1) is 26.8. The molecule has 300 valence electrons. The summed E-state index contributed by atoms with van der Waals surface area (Å²) in [7, 11) is 0. The van der Waals surface area contributed by atoms with Gasteiger partial charge in [-0.1, -0.05) is 208 Å². The Bertz CT molecular complexity index is 2100. The zero-order valence-corrected chi connectivity index (χ0v) is 38.5. The van der Waals surface area contributed by atoms with Crippen molar-refractivity contribution >= 4 is 0 Å². The predicted molar refractivity (Wildman–Crippen MR) is 254 cm³/mol. The van der Waals surface area contributed by atoms with Gasteiger partial charge in [-0.05, 0) is 135 Å². The summed E-state index contributed by atoms with van der Waals surface area (Å²) >= 11 is 0. The number of hydrogen-bond donors (Lipinski definition) is 0. The van der Waals surface area contributed by atoms with Crippen molar-refractivity contribution in [1.82, 2.24) is 0 Å². The van der Waals surface area contributed by atoms with Gasteiger partial charge in [-0.3, -0.25) is 0 Å². The summed E-state index contributed by atoms with van der Waals surface area (Å²) in [5, 5.41) is 0. The Balaban J connectivity index is 1.49. The maximum absolute atomic E-state index is 2.55. The molecule has 7 rings (SSSR count). The summed E-state index contributed by atoms with van der Waals surface area (Å²) in [6.07, 6.45) is 0. The second kappa shape index (κ2) is 14.0. The van der Waals surface area contributed by atoms with Crippen molar-refractivity contribution in [2.45, 2.75) is 143 Å². The molecule has 0 atom stereocenters. The average Bonchev–Trinajstić information content (AvgIpc) is 3.15. The van der Waals surface area contributed by atoms with Crippen LogP contribution < -0.4 is 0 Å². The zero-order chi connectivity index (χ0) is 42.4. The molecule has 6 aromatic rings. The van der Waals surface area contributed by atoms with Crippen molar-refractivity contribution in [2.24, 2.45) is 0 Å². The summed E-state index contributed by atoms with van der Waals surface area (Å²) in [6, 6.07) is 47.6. The Labute approximate surface area is 352 Å². The van der Waals surface area contributed by atoms with Crippen LogP contribution in [0.2, 0.25) is 0 Å². The second-order valence-corrected chi connectivity index (χ2v) is 22.4. The van der Waals surface area contributed by atoms with Gasteiger partial charge >= 0.3 is 0 Å². The van der Waals surface area contributed by atoms with Gasteiger partial charge < -0.3 is 0 Å². The summed E-state index contributed by atoms with van der Waals surface area (Å²) in [5.41, 5.74) is 21.2. The molecule has 0 bridgehead atoms. The van der Waals surface area contributed by atoms with E-state index in [9.17, 15) is 0 Å². The molecular formula is C58H68. The third-order valence-corrected chi connectivity index (χ3v) is 13.3. The molecule has 0 saturated carbocycles. The molecular weight excluding hydrogens is 697 g/mol. The fourth-order valence-electron chi connectivity index (χ4n) is 9.11. The van der Waals surface area contributed by atoms with E-state index in [1.807, 2.05) is 0 Å². The molecule has 0 spiro atoms. The van der Waals surface area contributed by atoms with Gasteiger partial charge in [0.2, 0.25) is 0 Å². The minimum absolute atomic E-state index is 0.0913. The van der Waals surface area contributed by atoms with Crippen LogP contribution in [0.1, 0.15) is 155 Å². The molecule has 0 radical (unpaired) electrons. The van der Waals surface area contributed by atoms with Gasteiger partial charge in [0.15, 0.2) is 0 Å². The lowest BCUT2D eigenvalue weighted by molar-refractivity contribution is 0.521. The van der Waals surface area contributed by atoms with E-state index in [4.69, 9.17) is 0 Å². The van der Waals surface area contributed by atoms with Crippen molar-refractivity contribution in [3.05, 3.63) is 166 Å². The quantitative estimate of drug-likeness (QED) is 0.168. The maximum Gasteiger partial charge on any atom is 0.0153 e. The fourth-order valence-corrected chi connectivity index (χ4v) is 9.11. The highest BCUT2D eigenvalue weighted by Crippen LogP contribution is 2.54. The molecule has 0 N–H and O–H groups in total. The van der Waals surface area contributed by atoms with Crippen molar-refractivity contribution in [1.29, 1.82) is 0 Å². The number of rotatable bonds is 4. The lowest BCUT2D eigenvalue weighted by Gasteiger charge is -2.45. The van der Waals surface area contributed by atoms with E-state index < -0.39 is 0 Å². The van der Waals surface area contributed by atoms with E-state index in [0.717, 1.165) is 0 Å². The van der Waals surface area contributed by atoms with Crippen LogP contribution in [0.5, 0.6) is 0 Å². The minimum atomic E-state index is -0.246. The zero-order valence-electron chi connectivity index (χ0n) is 38.5. The van der Waals surface area contributed by atoms with Gasteiger partial charge in [0.1, 0.15) is 0 Å². The molecule has 1 aliphatic rings. The first-order valence-electron chi connectivity index (χ1n) is 21.6. The van der Waals surface area contributed by atoms with Crippen molar-refractivity contribution < 1.29 is 0 Å². The normalized spacial score (nSPS) is 15.2. The van der Waals surface area contributed by atoms with Gasteiger partial charge in [-0.2, -0.15) is 0 Å². The molecule has 0 aliphatic heterocycles. The topological polar surface area (TPSA) is 0 Å². The van der Waals surface area contributed by atoms with E-state index >= 15 is 0 Å². The highest BCUT2D eigenvalue weighted by molar-refractivity contribution is 5.89. The summed E-state index contributed by atoms with van der Waals surface area (Å²) in [5.74, 6) is 0. The van der Waals surface area contributed by atoms with Crippen LogP contribution in [0, 0.1) is 0 Å². The lowest BCUT2D eigenvalue weighted by atomic mass is 9.58. The molecule has 0 heteroatoms. The molecule has 0 saturated heterocycles. The van der Waals surface area contributed by atoms with E-state index in [2.05, 4.69) is 232 Å². The van der Waals surface area contributed by atoms with Gasteiger partial charge in [-0.15, -0.1) is 0 Å². The van der Waals surface area contributed by atoms with Gasteiger partial charge in [-0.25, -0.2) is 0 Å². The number of hydrogen-bond acceptors (Lipinski definition) is 0. The Hall–Kier alpha value is -4.68. The van der Waals surface area contributed by atoms with Crippen LogP contribution >= 0.6 is 0 Å². The Kier molecular flexibility index (Phi) is 9.99. The van der Waals surface area contributed by atoms with E-state index in [1.54, 1.807) is 0 Å². The number of benzene rings is 6. The minimum Gasteiger partial charge on any atom is -0.0579 e. The van der Waals surface area contributed by atoms with Crippen molar-refractivity contribution in [3.63, 3.8) is 0 Å². The van der Waals surface area contributed by atoms with Crippen LogP contribution in [0.15, 0.2) is 121 Å². The van der Waals surface area contributed by atoms with E-state index in [1.165, 1.54) is 89.0 Å². The summed E-state index contributed by atoms with van der Waals surface area (Å²) < 4.78 is 0. The first kappa shape index (κ1) is 41.5. The Morgan fingerprint density at radius 3 is 0.552 bits per heavy atom. The highest BCUT2D eigenvalue weighted by atomic mass is 14.5. The molecule has 6 aromatic carbocycles. The fraction of sp³-hybridized carbons (Fsp3) is 0.379. The van der Waals surface area contributed by atoms with Crippen LogP contribution in [0.25, 0.3) is 44.5 Å². The third kappa shape index (κ3) is 7.54. The molecule has 0 amide bonds. The smallest absolute Gasteiger partial charge is 0.0153 e. The van der Waals surface area contributed by atoms with Crippen LogP contribution in [-0.2, 0) is 32.5 Å². The maximum atomic E-state index is 2.55. The molecule has 0 fully saturated rings. The van der Waals surface area contributed by atoms with Gasteiger partial charge in [0.05, 0.1) is 0 Å². The third-order valence-electron chi connectivity index (χ3n) is 13.3. The van der Waals surface area contributed by atoms with E-state index in [-0.39, 0.29) is 32.5 Å². The van der Waals surface area contributed by atoms with Crippen LogP contribution in [-0.4, -0.2) is 0 Å². The number of fused-ring (bicyclic) bond motifs is 2. The largest absolute Gasteiger partial charge is 0.0579 e. The summed E-state index contributed by atoms with van der Waals surface area (Å²) in [4.78, 5) is 0. The van der Waals surface area contributed by atoms with Crippen molar-refractivity contribution in [2.75, 3.05) is 0 Å². The SMILES string of the molecule is CC(C)(C)c1ccc(-c2cc3c(cc2-c2ccc(C(C)(C)C)cc2)C(C)(C)c2cc(-c4ccc(C(C)(C)C)cc4)c(-c4ccc(C(C)(C)C)cc4)cc2C3(C)C)cc1. The van der Waals surface area contributed by atoms with Gasteiger partial charge in [0, 0.05) is 10.8 Å². The lowest BCUT2D eigenvalue weighted by Crippen LogP contribution is -2.37. The van der Waals surface area contributed by atoms with Crippen LogP contribution in [0.4, 0.5) is 0 Å². The molecule has 1 aliphatic carbocycles. The predicted octanol–water partition coefficient (Wildman–Crippen LogP) is 16.5. The standard InChI is InChI=1S/C58H68/c1-53(2,3)41-25-17-37(18-26-41)45-33-49-50(34-46(45)38-19-27-42(28-20-38)54(4,5)6)58(15,16)52-36-48(40-23-31-44(32-24-40)56(10,11)12)47(35-51(52)57(49,13)14)39-21-29-43(30-22-39)55(7,8)9/h17-36H,1-16H3. The molecule has 0 nitrogen and oxygen atoms in total. The monoisotopic (exact) mass is 765 g/mol.